The molecule has 1 N–H and O–H groups in total. The first-order chi connectivity index (χ1) is 10.6. The lowest BCUT2D eigenvalue weighted by Crippen LogP contribution is -2.27. The molecule has 0 saturated heterocycles. The highest BCUT2D eigenvalue weighted by atomic mass is 32.2. The zero-order valence-electron chi connectivity index (χ0n) is 12.6. The second-order valence-corrected chi connectivity index (χ2v) is 7.32. The Morgan fingerprint density at radius 3 is 2.59 bits per heavy atom. The van der Waals surface area contributed by atoms with E-state index in [1.807, 2.05) is 30.5 Å². The van der Waals surface area contributed by atoms with Crippen molar-refractivity contribution in [2.75, 3.05) is 12.9 Å². The number of carbonyl (C=O) groups excluding carboxylic acids is 1. The summed E-state index contributed by atoms with van der Waals surface area (Å²) in [5.74, 6) is -0.222. The van der Waals surface area contributed by atoms with E-state index >= 15 is 0 Å². The van der Waals surface area contributed by atoms with Crippen molar-refractivity contribution in [2.24, 2.45) is 0 Å². The lowest BCUT2D eigenvalue weighted by atomic mass is 10.2. The van der Waals surface area contributed by atoms with Gasteiger partial charge in [0.05, 0.1) is 24.0 Å². The van der Waals surface area contributed by atoms with Crippen LogP contribution in [0.5, 0.6) is 0 Å². The first kappa shape index (κ1) is 16.9. The fraction of sp³-hybridized carbons (Fsp3) is 0.312. The van der Waals surface area contributed by atoms with Crippen LogP contribution in [0.1, 0.15) is 16.0 Å². The highest BCUT2D eigenvalue weighted by Gasteiger charge is 2.11. The summed E-state index contributed by atoms with van der Waals surface area (Å²) >= 11 is 1.61. The minimum absolute atomic E-state index is 0.0198. The van der Waals surface area contributed by atoms with Crippen LogP contribution in [0.2, 0.25) is 0 Å². The van der Waals surface area contributed by atoms with E-state index in [2.05, 4.69) is 5.32 Å². The molecule has 1 heterocycles. The Bertz CT molecular complexity index is 650. The third-order valence-corrected chi connectivity index (χ3v) is 5.52. The van der Waals surface area contributed by atoms with Crippen molar-refractivity contribution in [3.63, 3.8) is 0 Å². The maximum Gasteiger partial charge on any atom is 0.233 e. The van der Waals surface area contributed by atoms with Gasteiger partial charge in [-0.25, -0.2) is 0 Å². The standard InChI is InChI=1S/C16H19NO3S2/c1-12-7-8-21-15(12)9-17-16(18)11-22(19)14-5-3-13(4-6-14)10-20-2/h3-8H,9-11H2,1-2H3,(H,17,18)/t22-/m0/s1. The molecule has 0 spiro atoms. The summed E-state index contributed by atoms with van der Waals surface area (Å²) in [5, 5.41) is 4.81. The zero-order chi connectivity index (χ0) is 15.9. The molecular formula is C16H19NO3S2. The third-order valence-electron chi connectivity index (χ3n) is 3.17. The summed E-state index contributed by atoms with van der Waals surface area (Å²) in [7, 11) is 0.302. The molecule has 0 saturated carbocycles. The minimum Gasteiger partial charge on any atom is -0.380 e. The molecule has 2 rings (SSSR count). The molecule has 1 aromatic carbocycles. The molecule has 2 aromatic rings. The number of nitrogens with one attached hydrogen (secondary N) is 1. The molecule has 22 heavy (non-hydrogen) atoms. The molecule has 118 valence electrons. The Hall–Kier alpha value is -1.50. The first-order valence-electron chi connectivity index (χ1n) is 6.86. The fourth-order valence-corrected chi connectivity index (χ4v) is 3.71. The average molecular weight is 337 g/mol. The van der Waals surface area contributed by atoms with Crippen molar-refractivity contribution < 1.29 is 13.7 Å². The molecule has 0 radical (unpaired) electrons. The first-order valence-corrected chi connectivity index (χ1v) is 9.06. The van der Waals surface area contributed by atoms with Crippen LogP contribution in [0.25, 0.3) is 0 Å². The number of aryl methyl sites for hydroxylation is 1. The minimum atomic E-state index is -1.33. The third kappa shape index (κ3) is 4.76. The SMILES string of the molecule is COCc1ccc([S@@](=O)CC(=O)NCc2sccc2C)cc1. The summed E-state index contributed by atoms with van der Waals surface area (Å²) in [5.41, 5.74) is 2.18. The van der Waals surface area contributed by atoms with Gasteiger partial charge in [0.25, 0.3) is 0 Å². The number of thiophene rings is 1. The quantitative estimate of drug-likeness (QED) is 0.845. The average Bonchev–Trinajstić information content (AvgIpc) is 2.91. The Kier molecular flexibility index (Phi) is 6.30. The molecule has 0 aliphatic carbocycles. The second-order valence-electron chi connectivity index (χ2n) is 4.87. The summed E-state index contributed by atoms with van der Waals surface area (Å²) in [6.45, 7) is 3.03. The molecule has 0 bridgehead atoms. The van der Waals surface area contributed by atoms with Crippen LogP contribution in [0.4, 0.5) is 0 Å². The van der Waals surface area contributed by atoms with Crippen LogP contribution in [0, 0.1) is 6.92 Å². The summed E-state index contributed by atoms with van der Waals surface area (Å²) in [6, 6.07) is 9.31. The molecule has 6 heteroatoms. The molecule has 0 aliphatic heterocycles. The number of ether oxygens (including phenoxy) is 1. The van der Waals surface area contributed by atoms with Gasteiger partial charge in [0, 0.05) is 16.9 Å². The van der Waals surface area contributed by atoms with Crippen LogP contribution in [0.3, 0.4) is 0 Å². The van der Waals surface area contributed by atoms with Crippen LogP contribution in [0.15, 0.2) is 40.6 Å². The van der Waals surface area contributed by atoms with E-state index in [4.69, 9.17) is 4.74 Å². The lowest BCUT2D eigenvalue weighted by molar-refractivity contribution is -0.118. The topological polar surface area (TPSA) is 55.4 Å². The zero-order valence-corrected chi connectivity index (χ0v) is 14.3. The summed E-state index contributed by atoms with van der Waals surface area (Å²) in [6.07, 6.45) is 0. The van der Waals surface area contributed by atoms with Gasteiger partial charge >= 0.3 is 0 Å². The normalized spacial score (nSPS) is 12.1. The van der Waals surface area contributed by atoms with E-state index in [0.29, 0.717) is 18.0 Å². The maximum absolute atomic E-state index is 12.2. The molecule has 0 aliphatic rings. The van der Waals surface area contributed by atoms with Gasteiger partial charge in [0.1, 0.15) is 5.75 Å². The van der Waals surface area contributed by atoms with Crippen molar-refractivity contribution in [3.05, 3.63) is 51.7 Å². The van der Waals surface area contributed by atoms with E-state index in [1.54, 1.807) is 30.6 Å². The molecule has 1 aromatic heterocycles. The predicted molar refractivity (Wildman–Crippen MR) is 89.3 cm³/mol. The van der Waals surface area contributed by atoms with Gasteiger partial charge in [0.2, 0.25) is 5.91 Å². The fourth-order valence-electron chi connectivity index (χ4n) is 1.92. The smallest absolute Gasteiger partial charge is 0.233 e. The van der Waals surface area contributed by atoms with Crippen molar-refractivity contribution in [1.29, 1.82) is 0 Å². The number of hydrogen-bond donors (Lipinski definition) is 1. The number of carbonyl (C=O) groups is 1. The van der Waals surface area contributed by atoms with E-state index in [0.717, 1.165) is 10.4 Å². The Labute approximate surface area is 137 Å². The van der Waals surface area contributed by atoms with Crippen LogP contribution >= 0.6 is 11.3 Å². The van der Waals surface area contributed by atoms with E-state index in [9.17, 15) is 9.00 Å². The van der Waals surface area contributed by atoms with Crippen molar-refractivity contribution in [1.82, 2.24) is 5.32 Å². The molecule has 1 amide bonds. The van der Waals surface area contributed by atoms with Gasteiger partial charge in [-0.05, 0) is 41.6 Å². The van der Waals surface area contributed by atoms with Crippen molar-refractivity contribution >= 4 is 28.0 Å². The van der Waals surface area contributed by atoms with Gasteiger partial charge in [-0.3, -0.25) is 9.00 Å². The monoisotopic (exact) mass is 337 g/mol. The van der Waals surface area contributed by atoms with E-state index in [1.165, 1.54) is 5.56 Å². The Morgan fingerprint density at radius 2 is 2.00 bits per heavy atom. The highest BCUT2D eigenvalue weighted by Crippen LogP contribution is 2.15. The van der Waals surface area contributed by atoms with Gasteiger partial charge in [-0.1, -0.05) is 12.1 Å². The molecular weight excluding hydrogens is 318 g/mol. The number of methoxy groups -OCH3 is 1. The molecule has 4 nitrogen and oxygen atoms in total. The largest absolute Gasteiger partial charge is 0.380 e. The molecule has 1 atom stereocenters. The number of hydrogen-bond acceptors (Lipinski definition) is 4. The highest BCUT2D eigenvalue weighted by molar-refractivity contribution is 7.85. The maximum atomic E-state index is 12.2. The summed E-state index contributed by atoms with van der Waals surface area (Å²) in [4.78, 5) is 13.7. The number of amides is 1. The number of benzene rings is 1. The van der Waals surface area contributed by atoms with Gasteiger partial charge in [-0.2, -0.15) is 0 Å². The van der Waals surface area contributed by atoms with E-state index < -0.39 is 10.8 Å². The Balaban J connectivity index is 1.85. The van der Waals surface area contributed by atoms with Gasteiger partial charge in [0.15, 0.2) is 0 Å². The molecule has 0 unspecified atom stereocenters. The number of rotatable bonds is 7. The lowest BCUT2D eigenvalue weighted by Gasteiger charge is -2.06. The van der Waals surface area contributed by atoms with Gasteiger partial charge < -0.3 is 10.1 Å². The van der Waals surface area contributed by atoms with Gasteiger partial charge in [-0.15, -0.1) is 11.3 Å². The van der Waals surface area contributed by atoms with Crippen LogP contribution < -0.4 is 5.32 Å². The molecule has 0 fully saturated rings. The van der Waals surface area contributed by atoms with E-state index in [-0.39, 0.29) is 11.7 Å². The van der Waals surface area contributed by atoms with Crippen LogP contribution in [-0.2, 0) is 33.5 Å². The Morgan fingerprint density at radius 1 is 1.27 bits per heavy atom. The second kappa shape index (κ2) is 8.22. The van der Waals surface area contributed by atoms with Crippen molar-refractivity contribution in [3.8, 4) is 0 Å². The van der Waals surface area contributed by atoms with Crippen molar-refractivity contribution in [2.45, 2.75) is 25.0 Å². The van der Waals surface area contributed by atoms with Crippen LogP contribution in [-0.4, -0.2) is 23.0 Å². The predicted octanol–water partition coefficient (Wildman–Crippen LogP) is 2.63. The summed E-state index contributed by atoms with van der Waals surface area (Å²) < 4.78 is 17.2.